The molecule has 6 aromatic rings. The maximum absolute atomic E-state index is 13.8. The summed E-state index contributed by atoms with van der Waals surface area (Å²) >= 11 is 0. The first-order valence-corrected chi connectivity index (χ1v) is 20.0. The van der Waals surface area contributed by atoms with Crippen LogP contribution in [-0.2, 0) is 31.0 Å². The molecule has 0 unspecified atom stereocenters. The number of hydrogen-bond acceptors (Lipinski definition) is 12. The maximum atomic E-state index is 13.8. The SMILES string of the molecule is CCn1nc(C)cc1C(=O)Nc1nc2cc(CN)cc(OCCC(=O)NCCN)c2n1CCC[C@H]1COc2cc(C(N)=O)cc3nc(NC(=O)c4cc(C)nn4CC)n1c23. The van der Waals surface area contributed by atoms with Crippen molar-refractivity contribution in [1.29, 1.82) is 0 Å². The molecular weight excluding hydrogens is 773 g/mol. The summed E-state index contributed by atoms with van der Waals surface area (Å²) < 4.78 is 19.5. The van der Waals surface area contributed by atoms with Crippen molar-refractivity contribution in [1.82, 2.24) is 44.0 Å². The normalized spacial score (nSPS) is 13.4. The van der Waals surface area contributed by atoms with Crippen LogP contribution < -0.4 is 42.6 Å². The quantitative estimate of drug-likeness (QED) is 0.0731. The lowest BCUT2D eigenvalue weighted by Crippen LogP contribution is -2.29. The number of anilines is 2. The number of fused-ring (bicyclic) bond motifs is 1. The zero-order chi connectivity index (χ0) is 42.7. The molecule has 1 atom stereocenters. The summed E-state index contributed by atoms with van der Waals surface area (Å²) in [7, 11) is 0. The highest BCUT2D eigenvalue weighted by molar-refractivity contribution is 6.05. The molecule has 20 nitrogen and oxygen atoms in total. The van der Waals surface area contributed by atoms with Crippen molar-refractivity contribution in [3.8, 4) is 11.5 Å². The van der Waals surface area contributed by atoms with Gasteiger partial charge in [-0.05, 0) is 82.5 Å². The highest BCUT2D eigenvalue weighted by Crippen LogP contribution is 2.39. The molecule has 20 heteroatoms. The molecule has 2 aromatic carbocycles. The van der Waals surface area contributed by atoms with Gasteiger partial charge in [0.05, 0.1) is 41.5 Å². The summed E-state index contributed by atoms with van der Waals surface area (Å²) in [6, 6.07) is 9.93. The van der Waals surface area contributed by atoms with E-state index in [-0.39, 0.29) is 61.5 Å². The van der Waals surface area contributed by atoms with Gasteiger partial charge >= 0.3 is 0 Å². The standard InChI is InChI=1S/C40H50N14O6/c1-5-52-29(14-22(3)49-52)37(57)47-39-45-27-16-24(20-42)17-31(59-13-9-33(55)44-11-10-41)34(27)51(39)12-7-8-26-21-60-32-19-25(36(43)56)18-28-35(32)54(26)40(46-28)48-38(58)30-15-23(4)50-53(30)6-2/h14-19,26H,5-13,20-21,41-42H2,1-4H3,(H2,43,56)(H,44,55)(H,45,47,57)(H,46,48,58)/t26-/m0/s1. The molecular formula is C40H50N14O6. The fourth-order valence-corrected chi connectivity index (χ4v) is 7.50. The molecule has 0 saturated carbocycles. The van der Waals surface area contributed by atoms with Crippen molar-refractivity contribution >= 4 is 57.6 Å². The number of hydrogen-bond donors (Lipinski definition) is 6. The summed E-state index contributed by atoms with van der Waals surface area (Å²) in [5, 5.41) is 17.6. The van der Waals surface area contributed by atoms with E-state index in [0.29, 0.717) is 102 Å². The number of carbonyl (C=O) groups excluding carboxylic acids is 4. The first-order valence-electron chi connectivity index (χ1n) is 20.0. The Bertz CT molecular complexity index is 2600. The zero-order valence-corrected chi connectivity index (χ0v) is 34.1. The van der Waals surface area contributed by atoms with Crippen LogP contribution in [0.2, 0.25) is 0 Å². The van der Waals surface area contributed by atoms with E-state index in [1.165, 1.54) is 0 Å². The number of primary amides is 1. The van der Waals surface area contributed by atoms with E-state index in [1.54, 1.807) is 33.6 Å². The van der Waals surface area contributed by atoms with Gasteiger partial charge in [0, 0.05) is 44.8 Å². The fraction of sp³-hybridized carbons (Fsp3) is 0.400. The third-order valence-corrected chi connectivity index (χ3v) is 10.2. The zero-order valence-electron chi connectivity index (χ0n) is 34.1. The monoisotopic (exact) mass is 822 g/mol. The van der Waals surface area contributed by atoms with Crippen LogP contribution in [0.5, 0.6) is 11.5 Å². The van der Waals surface area contributed by atoms with Crippen molar-refractivity contribution in [2.45, 2.75) is 79.2 Å². The number of aromatic nitrogens is 8. The van der Waals surface area contributed by atoms with Crippen molar-refractivity contribution in [2.24, 2.45) is 17.2 Å². The molecule has 1 aliphatic rings. The fourth-order valence-electron chi connectivity index (χ4n) is 7.50. The smallest absolute Gasteiger partial charge is 0.276 e. The third kappa shape index (κ3) is 8.36. The third-order valence-electron chi connectivity index (χ3n) is 10.2. The molecule has 0 spiro atoms. The lowest BCUT2D eigenvalue weighted by Gasteiger charge is -2.27. The number of ether oxygens (including phenoxy) is 2. The molecule has 4 amide bonds. The highest BCUT2D eigenvalue weighted by atomic mass is 16.5. The summed E-state index contributed by atoms with van der Waals surface area (Å²) in [6.45, 7) is 9.93. The number of amides is 4. The number of nitrogens with one attached hydrogen (secondary N) is 3. The van der Waals surface area contributed by atoms with Gasteiger partial charge in [-0.3, -0.25) is 39.2 Å². The van der Waals surface area contributed by atoms with E-state index < -0.39 is 11.8 Å². The van der Waals surface area contributed by atoms with E-state index >= 15 is 0 Å². The van der Waals surface area contributed by atoms with Gasteiger partial charge in [-0.2, -0.15) is 10.2 Å². The van der Waals surface area contributed by atoms with Crippen LogP contribution in [0.25, 0.3) is 22.1 Å². The summed E-state index contributed by atoms with van der Waals surface area (Å²) in [6.07, 6.45) is 1.14. The number of carbonyl (C=O) groups is 4. The summed E-state index contributed by atoms with van der Waals surface area (Å²) in [5.41, 5.74) is 22.6. The Morgan fingerprint density at radius 1 is 0.867 bits per heavy atom. The Balaban J connectivity index is 1.23. The first kappa shape index (κ1) is 41.4. The summed E-state index contributed by atoms with van der Waals surface area (Å²) in [5.74, 6) is -0.196. The van der Waals surface area contributed by atoms with Crippen molar-refractivity contribution < 1.29 is 28.7 Å². The molecule has 0 aliphatic carbocycles. The molecule has 60 heavy (non-hydrogen) atoms. The summed E-state index contributed by atoms with van der Waals surface area (Å²) in [4.78, 5) is 61.8. The molecule has 0 saturated heterocycles. The van der Waals surface area contributed by atoms with Gasteiger partial charge in [0.2, 0.25) is 23.7 Å². The number of aryl methyl sites for hydroxylation is 5. The van der Waals surface area contributed by atoms with Crippen LogP contribution in [0.15, 0.2) is 36.4 Å². The second kappa shape index (κ2) is 17.6. The van der Waals surface area contributed by atoms with Crippen LogP contribution in [-0.4, -0.2) is 88.6 Å². The predicted octanol–water partition coefficient (Wildman–Crippen LogP) is 2.76. The van der Waals surface area contributed by atoms with E-state index in [9.17, 15) is 19.2 Å². The second-order valence-electron chi connectivity index (χ2n) is 14.5. The van der Waals surface area contributed by atoms with Crippen molar-refractivity contribution in [3.63, 3.8) is 0 Å². The lowest BCUT2D eigenvalue weighted by molar-refractivity contribution is -0.121. The van der Waals surface area contributed by atoms with Gasteiger partial charge in [-0.1, -0.05) is 0 Å². The molecule has 9 N–H and O–H groups in total. The van der Waals surface area contributed by atoms with E-state index in [0.717, 1.165) is 5.56 Å². The van der Waals surface area contributed by atoms with Crippen LogP contribution in [0.1, 0.15) is 87.4 Å². The van der Waals surface area contributed by atoms with E-state index in [2.05, 4.69) is 26.1 Å². The minimum Gasteiger partial charge on any atom is -0.491 e. The number of nitrogens with two attached hydrogens (primary N) is 3. The van der Waals surface area contributed by atoms with Crippen LogP contribution in [0, 0.1) is 13.8 Å². The number of benzene rings is 2. The van der Waals surface area contributed by atoms with E-state index in [1.807, 2.05) is 49.0 Å². The van der Waals surface area contributed by atoms with Crippen LogP contribution >= 0.6 is 0 Å². The molecule has 4 aromatic heterocycles. The van der Waals surface area contributed by atoms with E-state index in [4.69, 9.17) is 36.6 Å². The largest absolute Gasteiger partial charge is 0.491 e. The molecule has 1 aliphatic heterocycles. The topological polar surface area (TPSA) is 272 Å². The Morgan fingerprint density at radius 3 is 2.15 bits per heavy atom. The van der Waals surface area contributed by atoms with Crippen molar-refractivity contribution in [3.05, 3.63) is 70.3 Å². The van der Waals surface area contributed by atoms with Gasteiger partial charge in [0.1, 0.15) is 40.5 Å². The molecule has 0 radical (unpaired) electrons. The van der Waals surface area contributed by atoms with Gasteiger partial charge in [-0.25, -0.2) is 9.97 Å². The first-order chi connectivity index (χ1) is 28.9. The number of nitrogens with zero attached hydrogens (tertiary/aromatic N) is 8. The van der Waals surface area contributed by atoms with Gasteiger partial charge in [-0.15, -0.1) is 0 Å². The van der Waals surface area contributed by atoms with Gasteiger partial charge < -0.3 is 41.1 Å². The highest BCUT2D eigenvalue weighted by Gasteiger charge is 2.30. The Hall–Kier alpha value is -6.80. The predicted molar refractivity (Wildman–Crippen MR) is 223 cm³/mol. The van der Waals surface area contributed by atoms with Crippen LogP contribution in [0.3, 0.4) is 0 Å². The molecule has 316 valence electrons. The van der Waals surface area contributed by atoms with Gasteiger partial charge in [0.15, 0.2) is 0 Å². The average Bonchev–Trinajstić information content (AvgIpc) is 4.00. The molecule has 0 fully saturated rings. The Labute approximate surface area is 344 Å². The minimum absolute atomic E-state index is 0.0708. The average molecular weight is 823 g/mol. The van der Waals surface area contributed by atoms with Crippen LogP contribution in [0.4, 0.5) is 11.9 Å². The van der Waals surface area contributed by atoms with Gasteiger partial charge in [0.25, 0.3) is 11.8 Å². The second-order valence-corrected chi connectivity index (χ2v) is 14.5. The van der Waals surface area contributed by atoms with Crippen molar-refractivity contribution in [2.75, 3.05) is 36.9 Å². The number of imidazole rings is 2. The maximum Gasteiger partial charge on any atom is 0.276 e. The Kier molecular flexibility index (Phi) is 12.1. The molecule has 5 heterocycles. The molecule has 7 rings (SSSR count). The lowest BCUT2D eigenvalue weighted by atomic mass is 10.1. The molecule has 0 bridgehead atoms. The minimum atomic E-state index is -0.636. The number of rotatable bonds is 18. The Morgan fingerprint density at radius 2 is 1.52 bits per heavy atom.